The number of hydrogen-bond acceptors (Lipinski definition) is 3. The van der Waals surface area contributed by atoms with Gasteiger partial charge in [-0.3, -0.25) is 4.79 Å². The zero-order valence-electron chi connectivity index (χ0n) is 16.8. The minimum absolute atomic E-state index is 0.172. The molecule has 1 N–H and O–H groups in total. The molecule has 6 rings (SSSR count). The van der Waals surface area contributed by atoms with Gasteiger partial charge in [0.05, 0.1) is 23.2 Å². The molecule has 3 aromatic heterocycles. The molecule has 5 heterocycles. The van der Waals surface area contributed by atoms with E-state index >= 15 is 0 Å². The Morgan fingerprint density at radius 3 is 2.59 bits per heavy atom. The van der Waals surface area contributed by atoms with E-state index in [1.807, 2.05) is 0 Å². The lowest BCUT2D eigenvalue weighted by molar-refractivity contribution is -0.143. The number of carbonyl (C=O) groups excluding carboxylic acids is 1. The summed E-state index contributed by atoms with van der Waals surface area (Å²) in [5.74, 6) is 0.236. The summed E-state index contributed by atoms with van der Waals surface area (Å²) in [5, 5.41) is 0. The van der Waals surface area contributed by atoms with Gasteiger partial charge in [-0.1, -0.05) is 12.1 Å². The molecule has 0 unspecified atom stereocenters. The van der Waals surface area contributed by atoms with Crippen molar-refractivity contribution in [1.29, 1.82) is 0 Å². The van der Waals surface area contributed by atoms with Crippen LogP contribution in [0.1, 0.15) is 34.7 Å². The van der Waals surface area contributed by atoms with Crippen LogP contribution in [0.15, 0.2) is 59.2 Å². The Labute approximate surface area is 180 Å². The summed E-state index contributed by atoms with van der Waals surface area (Å²) in [6.45, 7) is 0.710. The largest absolute Gasteiger partial charge is 0.479 e. The first kappa shape index (κ1) is 19.1. The fourth-order valence-corrected chi connectivity index (χ4v) is 4.83. The number of halogens is 3. The molecule has 1 saturated heterocycles. The molecule has 0 aliphatic carbocycles. The number of fused-ring (bicyclic) bond motifs is 5. The van der Waals surface area contributed by atoms with Gasteiger partial charge in [0.25, 0.3) is 5.91 Å². The van der Waals surface area contributed by atoms with Gasteiger partial charge in [0.15, 0.2) is 11.2 Å². The van der Waals surface area contributed by atoms with Crippen LogP contribution in [0.5, 0.6) is 5.75 Å². The lowest BCUT2D eigenvalue weighted by atomic mass is 9.86. The van der Waals surface area contributed by atoms with Crippen molar-refractivity contribution in [3.05, 3.63) is 71.9 Å². The number of furan rings is 1. The predicted molar refractivity (Wildman–Crippen MR) is 109 cm³/mol. The van der Waals surface area contributed by atoms with Crippen molar-refractivity contribution in [2.75, 3.05) is 13.1 Å². The number of amides is 1. The standard InChI is InChI=1S/C23H18F3N3O3/c24-23(25,26)20-6-5-19-22(32-17-4-2-1-3-16(17)29(19)20)8-10-28(11-9-22)21(30)15-13-18-14(27-15)7-12-31-18/h1-7,12-13,27H,8-11H2. The molecule has 1 spiro atoms. The number of carbonyl (C=O) groups is 1. The summed E-state index contributed by atoms with van der Waals surface area (Å²) >= 11 is 0. The van der Waals surface area contributed by atoms with Crippen molar-refractivity contribution in [2.45, 2.75) is 24.6 Å². The molecular formula is C23H18F3N3O3. The number of H-pyrrole nitrogens is 1. The summed E-state index contributed by atoms with van der Waals surface area (Å²) in [6, 6.07) is 12.8. The topological polar surface area (TPSA) is 63.4 Å². The summed E-state index contributed by atoms with van der Waals surface area (Å²) in [7, 11) is 0. The molecule has 0 radical (unpaired) electrons. The monoisotopic (exact) mass is 441 g/mol. The van der Waals surface area contributed by atoms with Gasteiger partial charge in [-0.2, -0.15) is 13.2 Å². The minimum atomic E-state index is -4.49. The second-order valence-corrected chi connectivity index (χ2v) is 8.17. The van der Waals surface area contributed by atoms with Gasteiger partial charge in [0.2, 0.25) is 0 Å². The SMILES string of the molecule is O=C(c1cc2occc2[nH]1)N1CCC2(CC1)Oc1ccccc1-n1c(C(F)(F)F)ccc12. The average molecular weight is 441 g/mol. The van der Waals surface area contributed by atoms with Gasteiger partial charge in [-0.05, 0) is 24.3 Å². The van der Waals surface area contributed by atoms with Crippen LogP contribution in [0.2, 0.25) is 0 Å². The number of piperidine rings is 1. The van der Waals surface area contributed by atoms with Crippen LogP contribution in [0.25, 0.3) is 16.8 Å². The summed E-state index contributed by atoms with van der Waals surface area (Å²) in [4.78, 5) is 17.7. The molecule has 2 aliphatic rings. The van der Waals surface area contributed by atoms with Crippen LogP contribution in [-0.4, -0.2) is 33.4 Å². The molecule has 0 atom stereocenters. The number of rotatable bonds is 1. The fraction of sp³-hybridized carbons (Fsp3) is 0.261. The van der Waals surface area contributed by atoms with Crippen molar-refractivity contribution in [3.8, 4) is 11.4 Å². The Morgan fingerprint density at radius 1 is 1.06 bits per heavy atom. The van der Waals surface area contributed by atoms with Gasteiger partial charge in [-0.15, -0.1) is 0 Å². The lowest BCUT2D eigenvalue weighted by Gasteiger charge is -2.45. The Bertz CT molecular complexity index is 1310. The van der Waals surface area contributed by atoms with Crippen molar-refractivity contribution in [2.24, 2.45) is 0 Å². The maximum Gasteiger partial charge on any atom is 0.431 e. The molecule has 0 saturated carbocycles. The number of likely N-dealkylation sites (tertiary alicyclic amines) is 1. The molecule has 1 amide bonds. The number of aromatic amines is 1. The Hall–Kier alpha value is -3.62. The van der Waals surface area contributed by atoms with Gasteiger partial charge < -0.3 is 23.6 Å². The maximum absolute atomic E-state index is 13.7. The van der Waals surface area contributed by atoms with Crippen molar-refractivity contribution >= 4 is 17.0 Å². The molecule has 1 fully saturated rings. The number of nitrogens with zero attached hydrogens (tertiary/aromatic N) is 2. The maximum atomic E-state index is 13.7. The van der Waals surface area contributed by atoms with E-state index in [1.54, 1.807) is 47.6 Å². The first-order valence-corrected chi connectivity index (χ1v) is 10.3. The number of nitrogens with one attached hydrogen (secondary N) is 1. The van der Waals surface area contributed by atoms with Crippen molar-refractivity contribution < 1.29 is 27.1 Å². The second-order valence-electron chi connectivity index (χ2n) is 8.17. The van der Waals surface area contributed by atoms with Gasteiger partial charge in [0, 0.05) is 38.1 Å². The van der Waals surface area contributed by atoms with Gasteiger partial charge >= 0.3 is 6.18 Å². The van der Waals surface area contributed by atoms with Crippen LogP contribution in [0, 0.1) is 0 Å². The Kier molecular flexibility index (Phi) is 3.84. The predicted octanol–water partition coefficient (Wildman–Crippen LogP) is 5.09. The normalized spacial score (nSPS) is 17.3. The molecule has 6 nitrogen and oxygen atoms in total. The molecule has 0 bridgehead atoms. The van der Waals surface area contributed by atoms with Gasteiger partial charge in [-0.25, -0.2) is 0 Å². The van der Waals surface area contributed by atoms with Crippen LogP contribution in [-0.2, 0) is 11.8 Å². The van der Waals surface area contributed by atoms with Crippen LogP contribution in [0.3, 0.4) is 0 Å². The van der Waals surface area contributed by atoms with E-state index in [0.29, 0.717) is 54.3 Å². The molecule has 164 valence electrons. The van der Waals surface area contributed by atoms with Crippen LogP contribution in [0.4, 0.5) is 13.2 Å². The number of ether oxygens (including phenoxy) is 1. The van der Waals surface area contributed by atoms with E-state index in [2.05, 4.69) is 4.98 Å². The van der Waals surface area contributed by atoms with E-state index < -0.39 is 17.5 Å². The quantitative estimate of drug-likeness (QED) is 0.447. The van der Waals surface area contributed by atoms with E-state index in [4.69, 9.17) is 9.15 Å². The highest BCUT2D eigenvalue weighted by Crippen LogP contribution is 2.48. The third-order valence-corrected chi connectivity index (χ3v) is 6.38. The molecule has 2 aliphatic heterocycles. The number of aromatic nitrogens is 2. The highest BCUT2D eigenvalue weighted by atomic mass is 19.4. The first-order chi connectivity index (χ1) is 15.4. The Balaban J connectivity index is 1.33. The number of hydrogen-bond donors (Lipinski definition) is 1. The van der Waals surface area contributed by atoms with Crippen molar-refractivity contribution in [1.82, 2.24) is 14.5 Å². The van der Waals surface area contributed by atoms with Crippen molar-refractivity contribution in [3.63, 3.8) is 0 Å². The van der Waals surface area contributed by atoms with Gasteiger partial charge in [0.1, 0.15) is 17.1 Å². The highest BCUT2D eigenvalue weighted by molar-refractivity contribution is 5.96. The molecule has 9 heteroatoms. The summed E-state index contributed by atoms with van der Waals surface area (Å²) < 4.78 is 54.2. The molecule has 4 aromatic rings. The summed E-state index contributed by atoms with van der Waals surface area (Å²) in [5.41, 5.74) is 0.949. The summed E-state index contributed by atoms with van der Waals surface area (Å²) in [6.07, 6.45) is -2.19. The smallest absolute Gasteiger partial charge is 0.431 e. The zero-order chi connectivity index (χ0) is 22.1. The van der Waals surface area contributed by atoms with E-state index in [1.165, 1.54) is 10.6 Å². The number of para-hydroxylation sites is 2. The zero-order valence-corrected chi connectivity index (χ0v) is 16.8. The number of benzene rings is 1. The van der Waals surface area contributed by atoms with E-state index in [-0.39, 0.29) is 5.91 Å². The minimum Gasteiger partial charge on any atom is -0.479 e. The second kappa shape index (κ2) is 6.44. The average Bonchev–Trinajstić information content (AvgIpc) is 3.48. The third-order valence-electron chi connectivity index (χ3n) is 6.38. The highest BCUT2D eigenvalue weighted by Gasteiger charge is 2.48. The molecular weight excluding hydrogens is 423 g/mol. The van der Waals surface area contributed by atoms with E-state index in [0.717, 1.165) is 11.6 Å². The van der Waals surface area contributed by atoms with E-state index in [9.17, 15) is 18.0 Å². The molecule has 32 heavy (non-hydrogen) atoms. The first-order valence-electron chi connectivity index (χ1n) is 10.3. The fourth-order valence-electron chi connectivity index (χ4n) is 4.83. The van der Waals surface area contributed by atoms with Crippen LogP contribution >= 0.6 is 0 Å². The third kappa shape index (κ3) is 2.70. The van der Waals surface area contributed by atoms with Crippen LogP contribution < -0.4 is 4.74 Å². The Morgan fingerprint density at radius 2 is 1.84 bits per heavy atom. The lowest BCUT2D eigenvalue weighted by Crippen LogP contribution is -2.50. The number of alkyl halides is 3. The molecule has 1 aromatic carbocycles.